The third kappa shape index (κ3) is 3.92. The number of urea groups is 1. The molecule has 0 radical (unpaired) electrons. The van der Waals surface area contributed by atoms with Gasteiger partial charge >= 0.3 is 16.1 Å². The molecule has 0 spiro atoms. The lowest BCUT2D eigenvalue weighted by Crippen LogP contribution is -2.29. The van der Waals surface area contributed by atoms with Crippen molar-refractivity contribution < 1.29 is 26.9 Å². The smallest absolute Gasteiger partial charge is 0.339 e. The molecule has 9 heteroatoms. The Kier molecular flexibility index (Phi) is 5.13. The van der Waals surface area contributed by atoms with E-state index < -0.39 is 10.1 Å². The number of likely N-dealkylation sites (N-methyl/N-ethyl adjacent to an activating group) is 1. The van der Waals surface area contributed by atoms with Gasteiger partial charge in [-0.15, -0.1) is 0 Å². The monoisotopic (exact) mass is 392 g/mol. The van der Waals surface area contributed by atoms with Crippen LogP contribution in [0.3, 0.4) is 0 Å². The molecule has 1 saturated heterocycles. The maximum atomic E-state index is 12.6. The Labute approximate surface area is 158 Å². The van der Waals surface area contributed by atoms with Crippen LogP contribution in [0.2, 0.25) is 0 Å². The molecule has 0 aliphatic carbocycles. The summed E-state index contributed by atoms with van der Waals surface area (Å²) < 4.78 is 40.5. The Morgan fingerprint density at radius 3 is 1.93 bits per heavy atom. The van der Waals surface area contributed by atoms with Crippen LogP contribution < -0.4 is 18.6 Å². The van der Waals surface area contributed by atoms with E-state index in [-0.39, 0.29) is 16.7 Å². The first kappa shape index (κ1) is 18.8. The fraction of sp³-hybridized carbons (Fsp3) is 0.278. The quantitative estimate of drug-likeness (QED) is 0.702. The van der Waals surface area contributed by atoms with Gasteiger partial charge in [-0.3, -0.25) is 4.90 Å². The summed E-state index contributed by atoms with van der Waals surface area (Å²) in [5.41, 5.74) is 0.631. The minimum atomic E-state index is -4.05. The Bertz CT molecular complexity index is 921. The number of rotatable bonds is 6. The first-order valence-electron chi connectivity index (χ1n) is 8.14. The molecule has 0 bridgehead atoms. The molecule has 2 amide bonds. The molecular formula is C18H20N2O6S. The zero-order chi connectivity index (χ0) is 19.6. The van der Waals surface area contributed by atoms with E-state index in [0.29, 0.717) is 30.3 Å². The number of hydrogen-bond acceptors (Lipinski definition) is 6. The van der Waals surface area contributed by atoms with Crippen molar-refractivity contribution in [3.63, 3.8) is 0 Å². The normalized spacial score (nSPS) is 14.4. The molecule has 2 aromatic rings. The van der Waals surface area contributed by atoms with Crippen molar-refractivity contribution in [3.05, 3.63) is 42.5 Å². The van der Waals surface area contributed by atoms with E-state index in [1.807, 2.05) is 0 Å². The lowest BCUT2D eigenvalue weighted by atomic mass is 10.3. The van der Waals surface area contributed by atoms with Crippen LogP contribution in [-0.4, -0.2) is 53.7 Å². The zero-order valence-corrected chi connectivity index (χ0v) is 16.0. The van der Waals surface area contributed by atoms with Crippen molar-refractivity contribution in [2.24, 2.45) is 0 Å². The van der Waals surface area contributed by atoms with Gasteiger partial charge in [0.2, 0.25) is 0 Å². The number of amides is 2. The molecule has 1 heterocycles. The maximum absolute atomic E-state index is 12.6. The Morgan fingerprint density at radius 2 is 1.44 bits per heavy atom. The van der Waals surface area contributed by atoms with Gasteiger partial charge in [0.15, 0.2) is 0 Å². The predicted molar refractivity (Wildman–Crippen MR) is 99.2 cm³/mol. The fourth-order valence-corrected chi connectivity index (χ4v) is 3.60. The summed E-state index contributed by atoms with van der Waals surface area (Å²) in [6, 6.07) is 10.4. The topological polar surface area (TPSA) is 85.4 Å². The average Bonchev–Trinajstić information content (AvgIpc) is 3.00. The van der Waals surface area contributed by atoms with Crippen molar-refractivity contribution in [1.82, 2.24) is 4.90 Å². The van der Waals surface area contributed by atoms with Crippen LogP contribution >= 0.6 is 0 Å². The molecule has 0 saturated carbocycles. The van der Waals surface area contributed by atoms with Crippen molar-refractivity contribution in [2.45, 2.75) is 4.90 Å². The van der Waals surface area contributed by atoms with Crippen molar-refractivity contribution in [1.29, 1.82) is 0 Å². The van der Waals surface area contributed by atoms with Gasteiger partial charge in [-0.1, -0.05) is 0 Å². The van der Waals surface area contributed by atoms with Crippen molar-refractivity contribution >= 4 is 21.8 Å². The van der Waals surface area contributed by atoms with Crippen LogP contribution in [0.25, 0.3) is 0 Å². The minimum absolute atomic E-state index is 0.0203. The lowest BCUT2D eigenvalue weighted by molar-refractivity contribution is 0.229. The number of hydrogen-bond donors (Lipinski definition) is 0. The van der Waals surface area contributed by atoms with Crippen LogP contribution in [0.5, 0.6) is 17.2 Å². The lowest BCUT2D eigenvalue weighted by Gasteiger charge is -2.16. The molecule has 0 unspecified atom stereocenters. The third-order valence-corrected chi connectivity index (χ3v) is 5.45. The zero-order valence-electron chi connectivity index (χ0n) is 15.2. The molecule has 1 fully saturated rings. The highest BCUT2D eigenvalue weighted by molar-refractivity contribution is 7.87. The van der Waals surface area contributed by atoms with Crippen molar-refractivity contribution in [2.75, 3.05) is 39.3 Å². The van der Waals surface area contributed by atoms with Gasteiger partial charge in [0, 0.05) is 44.0 Å². The van der Waals surface area contributed by atoms with E-state index in [1.165, 1.54) is 38.5 Å². The van der Waals surface area contributed by atoms with Gasteiger partial charge in [-0.05, 0) is 24.3 Å². The van der Waals surface area contributed by atoms with Gasteiger partial charge in [0.25, 0.3) is 0 Å². The van der Waals surface area contributed by atoms with Crippen LogP contribution in [0.4, 0.5) is 10.5 Å². The predicted octanol–water partition coefficient (Wildman–Crippen LogP) is 2.34. The van der Waals surface area contributed by atoms with Crippen LogP contribution in [0, 0.1) is 0 Å². The van der Waals surface area contributed by atoms with Gasteiger partial charge in [-0.25, -0.2) is 4.79 Å². The van der Waals surface area contributed by atoms with E-state index in [0.717, 1.165) is 0 Å². The highest BCUT2D eigenvalue weighted by atomic mass is 32.2. The molecule has 3 rings (SSSR count). The summed E-state index contributed by atoms with van der Waals surface area (Å²) in [5, 5.41) is 0. The highest BCUT2D eigenvalue weighted by Crippen LogP contribution is 2.30. The van der Waals surface area contributed by atoms with E-state index >= 15 is 0 Å². The number of benzene rings is 2. The molecule has 1 aliphatic heterocycles. The second-order valence-corrected chi connectivity index (χ2v) is 7.48. The molecule has 8 nitrogen and oxygen atoms in total. The Morgan fingerprint density at radius 1 is 0.889 bits per heavy atom. The van der Waals surface area contributed by atoms with Crippen LogP contribution in [0.15, 0.2) is 47.4 Å². The molecule has 0 aromatic heterocycles. The molecule has 0 N–H and O–H groups in total. The summed E-state index contributed by atoms with van der Waals surface area (Å²) in [7, 11) is 0.589. The molecule has 27 heavy (non-hydrogen) atoms. The van der Waals surface area contributed by atoms with E-state index in [4.69, 9.17) is 13.7 Å². The van der Waals surface area contributed by atoms with Crippen LogP contribution in [0.1, 0.15) is 0 Å². The van der Waals surface area contributed by atoms with Crippen molar-refractivity contribution in [3.8, 4) is 17.2 Å². The largest absolute Gasteiger partial charge is 0.496 e. The molecule has 0 atom stereocenters. The number of ether oxygens (including phenoxy) is 2. The van der Waals surface area contributed by atoms with E-state index in [9.17, 15) is 13.2 Å². The molecule has 144 valence electrons. The number of carbonyl (C=O) groups excluding carboxylic acids is 1. The van der Waals surface area contributed by atoms with Gasteiger partial charge in [0.05, 0.1) is 14.2 Å². The SMILES string of the molecule is COc1cc(OC)cc(OS(=O)(=O)c2ccc(N3CCN(C)C3=O)cc2)c1. The average molecular weight is 392 g/mol. The van der Waals surface area contributed by atoms with E-state index in [2.05, 4.69) is 0 Å². The first-order valence-corrected chi connectivity index (χ1v) is 9.55. The summed E-state index contributed by atoms with van der Waals surface area (Å²) in [6.07, 6.45) is 0. The second-order valence-electron chi connectivity index (χ2n) is 5.94. The Balaban J connectivity index is 1.82. The van der Waals surface area contributed by atoms with Gasteiger partial charge in [-0.2, -0.15) is 8.42 Å². The Hall–Kier alpha value is -2.94. The fourth-order valence-electron chi connectivity index (χ4n) is 2.68. The second kappa shape index (κ2) is 7.36. The molecule has 1 aliphatic rings. The van der Waals surface area contributed by atoms with Gasteiger partial charge < -0.3 is 18.6 Å². The van der Waals surface area contributed by atoms with Crippen LogP contribution in [-0.2, 0) is 10.1 Å². The maximum Gasteiger partial charge on any atom is 0.339 e. The minimum Gasteiger partial charge on any atom is -0.496 e. The third-order valence-electron chi connectivity index (χ3n) is 4.18. The summed E-state index contributed by atoms with van der Waals surface area (Å²) in [6.45, 7) is 1.18. The summed E-state index contributed by atoms with van der Waals surface area (Å²) >= 11 is 0. The summed E-state index contributed by atoms with van der Waals surface area (Å²) in [4.78, 5) is 15.2. The molecule has 2 aromatic carbocycles. The van der Waals surface area contributed by atoms with Gasteiger partial charge in [0.1, 0.15) is 22.1 Å². The standard InChI is InChI=1S/C18H20N2O6S/c1-19-8-9-20(18(19)21)13-4-6-17(7-5-13)27(22,23)26-16-11-14(24-2)10-15(12-16)25-3/h4-7,10-12H,8-9H2,1-3H3. The number of anilines is 1. The molecular weight excluding hydrogens is 372 g/mol. The number of carbonyl (C=O) groups is 1. The number of nitrogens with zero attached hydrogens (tertiary/aromatic N) is 2. The summed E-state index contributed by atoms with van der Waals surface area (Å²) in [5.74, 6) is 0.893. The first-order chi connectivity index (χ1) is 12.8. The van der Waals surface area contributed by atoms with E-state index in [1.54, 1.807) is 35.0 Å². The highest BCUT2D eigenvalue weighted by Gasteiger charge is 2.27. The number of methoxy groups -OCH3 is 2.